The van der Waals surface area contributed by atoms with Crippen molar-refractivity contribution in [3.63, 3.8) is 0 Å². The SMILES string of the molecule is CC[C@H](C)C(=O)O[C@@H]1CCC=C2C=C[C@@H](C)[C@@H](CC[C@H]3C[C@@H](O)CC(=O)O3)[C@@H]21. The lowest BCUT2D eigenvalue weighted by Crippen LogP contribution is -2.40. The van der Waals surface area contributed by atoms with Gasteiger partial charge in [-0.05, 0) is 49.5 Å². The van der Waals surface area contributed by atoms with Crippen LogP contribution in [0.15, 0.2) is 23.8 Å². The first-order chi connectivity index (χ1) is 13.4. The maximum absolute atomic E-state index is 12.4. The van der Waals surface area contributed by atoms with Crippen LogP contribution < -0.4 is 0 Å². The van der Waals surface area contributed by atoms with Crippen LogP contribution in [0.5, 0.6) is 0 Å². The Hall–Kier alpha value is -1.62. The van der Waals surface area contributed by atoms with Gasteiger partial charge in [0.25, 0.3) is 0 Å². The van der Waals surface area contributed by atoms with E-state index in [-0.39, 0.29) is 42.4 Å². The Labute approximate surface area is 168 Å². The van der Waals surface area contributed by atoms with E-state index in [2.05, 4.69) is 25.2 Å². The summed E-state index contributed by atoms with van der Waals surface area (Å²) in [6.45, 7) is 6.14. The average molecular weight is 391 g/mol. The van der Waals surface area contributed by atoms with Crippen LogP contribution in [0, 0.1) is 23.7 Å². The molecular formula is C23H34O5. The normalized spacial score (nSPS) is 36.1. The van der Waals surface area contributed by atoms with Gasteiger partial charge in [0, 0.05) is 12.3 Å². The van der Waals surface area contributed by atoms with E-state index >= 15 is 0 Å². The zero-order valence-electron chi connectivity index (χ0n) is 17.3. The predicted octanol–water partition coefficient (Wildman–Crippen LogP) is 3.95. The van der Waals surface area contributed by atoms with E-state index in [9.17, 15) is 14.7 Å². The minimum Gasteiger partial charge on any atom is -0.462 e. The Morgan fingerprint density at radius 2 is 2.18 bits per heavy atom. The molecule has 1 aliphatic heterocycles. The van der Waals surface area contributed by atoms with Crippen LogP contribution in [-0.4, -0.2) is 35.4 Å². The van der Waals surface area contributed by atoms with Crippen molar-refractivity contribution < 1.29 is 24.2 Å². The molecule has 0 spiro atoms. The number of fused-ring (bicyclic) bond motifs is 1. The van der Waals surface area contributed by atoms with E-state index in [0.717, 1.165) is 32.1 Å². The lowest BCUT2D eigenvalue weighted by atomic mass is 9.66. The van der Waals surface area contributed by atoms with Crippen LogP contribution in [0.1, 0.15) is 65.7 Å². The maximum atomic E-state index is 12.4. The Balaban J connectivity index is 1.70. The van der Waals surface area contributed by atoms with E-state index in [0.29, 0.717) is 18.3 Å². The quantitative estimate of drug-likeness (QED) is 0.695. The van der Waals surface area contributed by atoms with Gasteiger partial charge in [-0.25, -0.2) is 0 Å². The minimum absolute atomic E-state index is 0.0764. The zero-order chi connectivity index (χ0) is 20.3. The Morgan fingerprint density at radius 3 is 2.89 bits per heavy atom. The van der Waals surface area contributed by atoms with Gasteiger partial charge in [-0.15, -0.1) is 0 Å². The third kappa shape index (κ3) is 4.86. The number of hydrogen-bond acceptors (Lipinski definition) is 5. The number of cyclic esters (lactones) is 1. The molecule has 0 aromatic carbocycles. The zero-order valence-corrected chi connectivity index (χ0v) is 17.3. The highest BCUT2D eigenvalue weighted by molar-refractivity contribution is 5.72. The minimum atomic E-state index is -0.593. The van der Waals surface area contributed by atoms with E-state index in [4.69, 9.17) is 9.47 Å². The maximum Gasteiger partial charge on any atom is 0.308 e. The fourth-order valence-electron chi connectivity index (χ4n) is 4.80. The lowest BCUT2D eigenvalue weighted by Gasteiger charge is -2.42. The van der Waals surface area contributed by atoms with Crippen molar-refractivity contribution in [3.05, 3.63) is 23.8 Å². The monoisotopic (exact) mass is 390 g/mol. The summed E-state index contributed by atoms with van der Waals surface area (Å²) in [5.41, 5.74) is 1.27. The van der Waals surface area contributed by atoms with Crippen molar-refractivity contribution >= 4 is 11.9 Å². The molecule has 1 heterocycles. The average Bonchev–Trinajstić information content (AvgIpc) is 2.66. The lowest BCUT2D eigenvalue weighted by molar-refractivity contribution is -0.162. The molecule has 1 N–H and O–H groups in total. The van der Waals surface area contributed by atoms with Crippen molar-refractivity contribution in [2.45, 2.75) is 84.0 Å². The summed E-state index contributed by atoms with van der Waals surface area (Å²) in [4.78, 5) is 24.1. The number of aliphatic hydroxyl groups is 1. The van der Waals surface area contributed by atoms with Gasteiger partial charge in [-0.2, -0.15) is 0 Å². The Bertz CT molecular complexity index is 637. The molecule has 3 rings (SSSR count). The number of rotatable bonds is 6. The molecule has 28 heavy (non-hydrogen) atoms. The van der Waals surface area contributed by atoms with Crippen molar-refractivity contribution in [1.29, 1.82) is 0 Å². The number of esters is 2. The van der Waals surface area contributed by atoms with Crippen molar-refractivity contribution in [3.8, 4) is 0 Å². The van der Waals surface area contributed by atoms with Crippen LogP contribution in [-0.2, 0) is 19.1 Å². The second-order valence-electron chi connectivity index (χ2n) is 8.76. The predicted molar refractivity (Wildman–Crippen MR) is 106 cm³/mol. The molecule has 1 saturated heterocycles. The summed E-state index contributed by atoms with van der Waals surface area (Å²) in [6.07, 6.45) is 10.6. The highest BCUT2D eigenvalue weighted by atomic mass is 16.5. The molecule has 5 heteroatoms. The fraction of sp³-hybridized carbons (Fsp3) is 0.739. The Kier molecular flexibility index (Phi) is 6.97. The molecule has 0 unspecified atom stereocenters. The fourth-order valence-corrected chi connectivity index (χ4v) is 4.80. The largest absolute Gasteiger partial charge is 0.462 e. The van der Waals surface area contributed by atoms with E-state index in [1.807, 2.05) is 13.8 Å². The molecule has 0 aromatic heterocycles. The molecule has 7 atom stereocenters. The number of carbonyl (C=O) groups excluding carboxylic acids is 2. The molecule has 0 radical (unpaired) electrons. The summed E-state index contributed by atoms with van der Waals surface area (Å²) in [7, 11) is 0. The molecule has 5 nitrogen and oxygen atoms in total. The van der Waals surface area contributed by atoms with Crippen molar-refractivity contribution in [2.75, 3.05) is 0 Å². The highest BCUT2D eigenvalue weighted by Gasteiger charge is 2.40. The van der Waals surface area contributed by atoms with Gasteiger partial charge >= 0.3 is 11.9 Å². The molecule has 3 aliphatic rings. The second kappa shape index (κ2) is 9.25. The number of allylic oxidation sites excluding steroid dienone is 3. The number of hydrogen-bond donors (Lipinski definition) is 1. The summed E-state index contributed by atoms with van der Waals surface area (Å²) >= 11 is 0. The van der Waals surface area contributed by atoms with Gasteiger partial charge in [0.1, 0.15) is 12.2 Å². The van der Waals surface area contributed by atoms with Gasteiger partial charge in [-0.3, -0.25) is 9.59 Å². The molecule has 1 fully saturated rings. The van der Waals surface area contributed by atoms with E-state index < -0.39 is 6.10 Å². The summed E-state index contributed by atoms with van der Waals surface area (Å²) in [5, 5.41) is 9.86. The number of ether oxygens (including phenoxy) is 2. The molecule has 2 aliphatic carbocycles. The number of aliphatic hydroxyl groups excluding tert-OH is 1. The van der Waals surface area contributed by atoms with Gasteiger partial charge in [-0.1, -0.05) is 39.0 Å². The third-order valence-electron chi connectivity index (χ3n) is 6.69. The molecule has 0 saturated carbocycles. The van der Waals surface area contributed by atoms with E-state index in [1.54, 1.807) is 0 Å². The van der Waals surface area contributed by atoms with Crippen LogP contribution in [0.2, 0.25) is 0 Å². The summed E-state index contributed by atoms with van der Waals surface area (Å²) in [6, 6.07) is 0. The van der Waals surface area contributed by atoms with Crippen molar-refractivity contribution in [1.82, 2.24) is 0 Å². The molecular weight excluding hydrogens is 356 g/mol. The second-order valence-corrected chi connectivity index (χ2v) is 8.76. The standard InChI is InChI=1S/C23H34O5/c1-4-14(2)23(26)28-20-7-5-6-16-9-8-15(3)19(22(16)20)11-10-18-12-17(24)13-21(25)27-18/h6,8-9,14-15,17-20,22,24H,4-5,7,10-13H2,1-3H3/t14-,15+,17+,18-,19+,20+,22+/m0/s1. The molecule has 0 amide bonds. The third-order valence-corrected chi connectivity index (χ3v) is 6.69. The van der Waals surface area contributed by atoms with Crippen LogP contribution in [0.3, 0.4) is 0 Å². The number of carbonyl (C=O) groups is 2. The summed E-state index contributed by atoms with van der Waals surface area (Å²) < 4.78 is 11.4. The first-order valence-electron chi connectivity index (χ1n) is 10.8. The van der Waals surface area contributed by atoms with Gasteiger partial charge in [0.15, 0.2) is 0 Å². The summed E-state index contributed by atoms with van der Waals surface area (Å²) in [5.74, 6) is 0.426. The smallest absolute Gasteiger partial charge is 0.308 e. The van der Waals surface area contributed by atoms with Gasteiger partial charge in [0.05, 0.1) is 18.4 Å². The van der Waals surface area contributed by atoms with Crippen LogP contribution in [0.4, 0.5) is 0 Å². The van der Waals surface area contributed by atoms with Crippen LogP contribution in [0.25, 0.3) is 0 Å². The van der Waals surface area contributed by atoms with Gasteiger partial charge in [0.2, 0.25) is 0 Å². The molecule has 0 bridgehead atoms. The Morgan fingerprint density at radius 1 is 1.39 bits per heavy atom. The van der Waals surface area contributed by atoms with Crippen molar-refractivity contribution in [2.24, 2.45) is 23.7 Å². The highest BCUT2D eigenvalue weighted by Crippen LogP contribution is 2.44. The molecule has 0 aromatic rings. The first kappa shape index (κ1) is 21.1. The van der Waals surface area contributed by atoms with E-state index in [1.165, 1.54) is 5.57 Å². The van der Waals surface area contributed by atoms with Gasteiger partial charge < -0.3 is 14.6 Å². The first-order valence-corrected chi connectivity index (χ1v) is 10.8. The van der Waals surface area contributed by atoms with Crippen LogP contribution >= 0.6 is 0 Å². The molecule has 156 valence electrons. The topological polar surface area (TPSA) is 72.8 Å².